The number of amides is 1. The van der Waals surface area contributed by atoms with Crippen molar-refractivity contribution in [3.05, 3.63) is 81.3 Å². The molecule has 1 atom stereocenters. The molecule has 1 amide bonds. The molecular weight excluding hydrogens is 446 g/mol. The number of oxime groups is 1. The van der Waals surface area contributed by atoms with E-state index in [1.807, 2.05) is 18.2 Å². The predicted octanol–water partition coefficient (Wildman–Crippen LogP) is 6.04. The summed E-state index contributed by atoms with van der Waals surface area (Å²) in [6, 6.07) is 16.9. The van der Waals surface area contributed by atoms with Crippen molar-refractivity contribution in [3.8, 4) is 5.75 Å². The number of aromatic nitrogens is 1. The lowest BCUT2D eigenvalue weighted by atomic mass is 9.98. The average molecular weight is 468 g/mol. The van der Waals surface area contributed by atoms with Crippen LogP contribution in [0.4, 0.5) is 4.79 Å². The minimum atomic E-state index is -0.324. The van der Waals surface area contributed by atoms with E-state index in [9.17, 15) is 4.79 Å². The first-order chi connectivity index (χ1) is 15.7. The Hall–Kier alpha value is -2.90. The zero-order valence-electron chi connectivity index (χ0n) is 17.3. The number of carbonyl (C=O) groups is 1. The molecular formula is C24H22ClN3O3S. The SMILES string of the molecule is O=C(Oc1ccc(Cl)cc1)N1CCC(c2nc(C3=NOC(c4ccccc4)C3)cs2)CC1. The van der Waals surface area contributed by atoms with Gasteiger partial charge in [-0.05, 0) is 42.7 Å². The lowest BCUT2D eigenvalue weighted by Gasteiger charge is -2.30. The van der Waals surface area contributed by atoms with Crippen molar-refractivity contribution < 1.29 is 14.4 Å². The van der Waals surface area contributed by atoms with Crippen LogP contribution in [0.15, 0.2) is 65.1 Å². The first-order valence-electron chi connectivity index (χ1n) is 10.6. The van der Waals surface area contributed by atoms with Crippen molar-refractivity contribution in [2.45, 2.75) is 31.3 Å². The Labute approximate surface area is 195 Å². The van der Waals surface area contributed by atoms with Gasteiger partial charge in [-0.1, -0.05) is 47.1 Å². The van der Waals surface area contributed by atoms with E-state index in [-0.39, 0.29) is 12.2 Å². The molecule has 0 aliphatic carbocycles. The first kappa shape index (κ1) is 21.0. The molecule has 5 rings (SSSR count). The van der Waals surface area contributed by atoms with Crippen LogP contribution >= 0.6 is 22.9 Å². The summed E-state index contributed by atoms with van der Waals surface area (Å²) in [6.45, 7) is 1.29. The Morgan fingerprint density at radius 2 is 1.84 bits per heavy atom. The molecule has 3 heterocycles. The third-order valence-electron chi connectivity index (χ3n) is 5.78. The molecule has 0 radical (unpaired) electrons. The van der Waals surface area contributed by atoms with Crippen molar-refractivity contribution >= 4 is 34.7 Å². The summed E-state index contributed by atoms with van der Waals surface area (Å²) in [4.78, 5) is 24.7. The van der Waals surface area contributed by atoms with Crippen molar-refractivity contribution in [1.82, 2.24) is 9.88 Å². The van der Waals surface area contributed by atoms with Gasteiger partial charge in [-0.15, -0.1) is 11.3 Å². The van der Waals surface area contributed by atoms with Gasteiger partial charge in [0.15, 0.2) is 6.10 Å². The van der Waals surface area contributed by atoms with E-state index in [0.717, 1.165) is 41.2 Å². The quantitative estimate of drug-likeness (QED) is 0.469. The van der Waals surface area contributed by atoms with Crippen LogP contribution in [0.1, 0.15) is 47.5 Å². The zero-order valence-corrected chi connectivity index (χ0v) is 18.9. The van der Waals surface area contributed by atoms with Gasteiger partial charge in [-0.2, -0.15) is 0 Å². The third kappa shape index (κ3) is 4.64. The standard InChI is InChI=1S/C24H22ClN3O3S/c25-18-6-8-19(9-7-18)30-24(29)28-12-10-17(11-13-28)23-26-21(15-32-23)20-14-22(31-27-20)16-4-2-1-3-5-16/h1-9,15,17,22H,10-14H2. The molecule has 0 spiro atoms. The summed E-state index contributed by atoms with van der Waals surface area (Å²) in [5.74, 6) is 0.834. The number of nitrogens with zero attached hydrogens (tertiary/aromatic N) is 3. The zero-order chi connectivity index (χ0) is 21.9. The maximum atomic E-state index is 12.4. The second kappa shape index (κ2) is 9.30. The Balaban J connectivity index is 1.15. The highest BCUT2D eigenvalue weighted by molar-refractivity contribution is 7.10. The van der Waals surface area contributed by atoms with Crippen LogP contribution in [0.2, 0.25) is 5.02 Å². The summed E-state index contributed by atoms with van der Waals surface area (Å²) in [5.41, 5.74) is 2.91. The second-order valence-electron chi connectivity index (χ2n) is 7.90. The third-order valence-corrected chi connectivity index (χ3v) is 7.04. The molecule has 2 aliphatic rings. The Morgan fingerprint density at radius 1 is 1.09 bits per heavy atom. The van der Waals surface area contributed by atoms with Crippen molar-refractivity contribution in [3.63, 3.8) is 0 Å². The summed E-state index contributed by atoms with van der Waals surface area (Å²) in [7, 11) is 0. The fraction of sp³-hybridized carbons (Fsp3) is 0.292. The van der Waals surface area contributed by atoms with E-state index in [4.69, 9.17) is 26.2 Å². The molecule has 2 aromatic carbocycles. The lowest BCUT2D eigenvalue weighted by Crippen LogP contribution is -2.39. The van der Waals surface area contributed by atoms with Crippen LogP contribution < -0.4 is 4.74 Å². The highest BCUT2D eigenvalue weighted by Gasteiger charge is 2.29. The fourth-order valence-corrected chi connectivity index (χ4v) is 5.09. The molecule has 0 saturated carbocycles. The van der Waals surface area contributed by atoms with E-state index < -0.39 is 0 Å². The van der Waals surface area contributed by atoms with Crippen molar-refractivity contribution in [2.24, 2.45) is 5.16 Å². The minimum absolute atomic E-state index is 0.0498. The summed E-state index contributed by atoms with van der Waals surface area (Å²) in [6.07, 6.45) is 2.07. The molecule has 1 fully saturated rings. The van der Waals surface area contributed by atoms with E-state index in [2.05, 4.69) is 22.7 Å². The molecule has 1 saturated heterocycles. The smallest absolute Gasteiger partial charge is 0.410 e. The van der Waals surface area contributed by atoms with Gasteiger partial charge in [0.05, 0.1) is 10.7 Å². The maximum Gasteiger partial charge on any atom is 0.415 e. The summed E-state index contributed by atoms with van der Waals surface area (Å²) in [5, 5.41) is 8.05. The van der Waals surface area contributed by atoms with Crippen molar-refractivity contribution in [2.75, 3.05) is 13.1 Å². The average Bonchev–Trinajstić information content (AvgIpc) is 3.51. The van der Waals surface area contributed by atoms with E-state index in [1.54, 1.807) is 40.5 Å². The Kier molecular flexibility index (Phi) is 6.10. The number of benzene rings is 2. The fourth-order valence-electron chi connectivity index (χ4n) is 3.96. The number of carbonyl (C=O) groups excluding carboxylic acids is 1. The van der Waals surface area contributed by atoms with Gasteiger partial charge < -0.3 is 14.5 Å². The molecule has 6 nitrogen and oxygen atoms in total. The minimum Gasteiger partial charge on any atom is -0.410 e. The van der Waals surface area contributed by atoms with Gasteiger partial charge in [0.1, 0.15) is 11.5 Å². The number of piperidine rings is 1. The van der Waals surface area contributed by atoms with Crippen LogP contribution in [0, 0.1) is 0 Å². The van der Waals surface area contributed by atoms with E-state index in [1.165, 1.54) is 0 Å². The lowest BCUT2D eigenvalue weighted by molar-refractivity contribution is 0.0857. The summed E-state index contributed by atoms with van der Waals surface area (Å²) < 4.78 is 5.45. The van der Waals surface area contributed by atoms with Crippen LogP contribution in [-0.4, -0.2) is 34.8 Å². The topological polar surface area (TPSA) is 64.0 Å². The summed E-state index contributed by atoms with van der Waals surface area (Å²) >= 11 is 7.54. The normalized spacial score (nSPS) is 18.8. The predicted molar refractivity (Wildman–Crippen MR) is 125 cm³/mol. The number of rotatable bonds is 4. The first-order valence-corrected chi connectivity index (χ1v) is 11.9. The second-order valence-corrected chi connectivity index (χ2v) is 9.23. The van der Waals surface area contributed by atoms with Gasteiger partial charge in [0.2, 0.25) is 0 Å². The van der Waals surface area contributed by atoms with Crippen LogP contribution in [-0.2, 0) is 4.84 Å². The van der Waals surface area contributed by atoms with Crippen LogP contribution in [0.3, 0.4) is 0 Å². The number of ether oxygens (including phenoxy) is 1. The molecule has 8 heteroatoms. The van der Waals surface area contributed by atoms with Gasteiger partial charge in [0.25, 0.3) is 0 Å². The maximum absolute atomic E-state index is 12.4. The highest BCUT2D eigenvalue weighted by atomic mass is 35.5. The van der Waals surface area contributed by atoms with E-state index in [0.29, 0.717) is 29.8 Å². The molecule has 0 N–H and O–H groups in total. The molecule has 3 aromatic rings. The van der Waals surface area contributed by atoms with Gasteiger partial charge in [-0.3, -0.25) is 0 Å². The number of likely N-dealkylation sites (tertiary alicyclic amines) is 1. The highest BCUT2D eigenvalue weighted by Crippen LogP contribution is 2.33. The number of thiazole rings is 1. The number of hydrogen-bond donors (Lipinski definition) is 0. The van der Waals surface area contributed by atoms with Gasteiger partial charge in [0, 0.05) is 35.8 Å². The number of hydrogen-bond acceptors (Lipinski definition) is 6. The molecule has 164 valence electrons. The number of halogens is 1. The molecule has 32 heavy (non-hydrogen) atoms. The van der Waals surface area contributed by atoms with Crippen LogP contribution in [0.25, 0.3) is 0 Å². The Bertz CT molecular complexity index is 1110. The largest absolute Gasteiger partial charge is 0.415 e. The van der Waals surface area contributed by atoms with Crippen LogP contribution in [0.5, 0.6) is 5.75 Å². The molecule has 1 unspecified atom stereocenters. The molecule has 1 aromatic heterocycles. The van der Waals surface area contributed by atoms with E-state index >= 15 is 0 Å². The van der Waals surface area contributed by atoms with Gasteiger partial charge >= 0.3 is 6.09 Å². The molecule has 0 bridgehead atoms. The Morgan fingerprint density at radius 3 is 2.59 bits per heavy atom. The van der Waals surface area contributed by atoms with Crippen molar-refractivity contribution in [1.29, 1.82) is 0 Å². The van der Waals surface area contributed by atoms with Gasteiger partial charge in [-0.25, -0.2) is 9.78 Å². The monoisotopic (exact) mass is 467 g/mol. The molecule has 2 aliphatic heterocycles.